The number of hydrogen-bond donors (Lipinski definition) is 2. The number of carbonyl (C=O) groups excluding carboxylic acids is 1. The zero-order chi connectivity index (χ0) is 15.4. The van der Waals surface area contributed by atoms with Crippen molar-refractivity contribution >= 4 is 46.6 Å². The monoisotopic (exact) mass is 320 g/mol. The van der Waals surface area contributed by atoms with E-state index in [0.29, 0.717) is 21.4 Å². The van der Waals surface area contributed by atoms with Crippen LogP contribution in [-0.4, -0.2) is 5.91 Å². The Morgan fingerprint density at radius 3 is 2.29 bits per heavy atom. The van der Waals surface area contributed by atoms with Gasteiger partial charge in [0.1, 0.15) is 0 Å². The van der Waals surface area contributed by atoms with Gasteiger partial charge in [-0.25, -0.2) is 0 Å². The van der Waals surface area contributed by atoms with Crippen molar-refractivity contribution in [1.29, 1.82) is 0 Å². The zero-order valence-corrected chi connectivity index (χ0v) is 12.9. The topological polar surface area (TPSA) is 55.1 Å². The van der Waals surface area contributed by atoms with Crippen LogP contribution in [0, 0.1) is 6.92 Å². The summed E-state index contributed by atoms with van der Waals surface area (Å²) in [6, 6.07) is 11.0. The average molecular weight is 321 g/mol. The standard InChI is InChI=1S/C16H14Cl2N2O/c1-10-2-4-11(5-3-10)6-7-15(21)20-12-8-13(17)16(19)14(18)9-12/h2-9H,19H2,1H3,(H,20,21)/b7-6+. The van der Waals surface area contributed by atoms with Crippen LogP contribution in [0.1, 0.15) is 11.1 Å². The van der Waals surface area contributed by atoms with Gasteiger partial charge in [0.05, 0.1) is 15.7 Å². The fourth-order valence-electron chi connectivity index (χ4n) is 1.69. The number of rotatable bonds is 3. The molecule has 0 spiro atoms. The SMILES string of the molecule is Cc1ccc(/C=C/C(=O)Nc2cc(Cl)c(N)c(Cl)c2)cc1. The molecule has 2 aromatic rings. The first kappa shape index (κ1) is 15.4. The van der Waals surface area contributed by atoms with Crippen LogP contribution in [0.4, 0.5) is 11.4 Å². The molecule has 0 heterocycles. The van der Waals surface area contributed by atoms with Crippen molar-refractivity contribution in [3.05, 3.63) is 63.6 Å². The number of nitrogen functional groups attached to an aromatic ring is 1. The van der Waals surface area contributed by atoms with Crippen LogP contribution in [0.2, 0.25) is 10.0 Å². The minimum Gasteiger partial charge on any atom is -0.396 e. The Balaban J connectivity index is 2.06. The van der Waals surface area contributed by atoms with Gasteiger partial charge in [0.2, 0.25) is 5.91 Å². The summed E-state index contributed by atoms with van der Waals surface area (Å²) in [4.78, 5) is 11.8. The van der Waals surface area contributed by atoms with Gasteiger partial charge in [0, 0.05) is 11.8 Å². The predicted octanol–water partition coefficient (Wildman–Crippen LogP) is 4.54. The van der Waals surface area contributed by atoms with E-state index in [9.17, 15) is 4.79 Å². The maximum absolute atomic E-state index is 11.8. The largest absolute Gasteiger partial charge is 0.396 e. The minimum atomic E-state index is -0.271. The molecule has 1 amide bonds. The normalized spacial score (nSPS) is 10.8. The fourth-order valence-corrected chi connectivity index (χ4v) is 2.18. The lowest BCUT2D eigenvalue weighted by atomic mass is 10.1. The van der Waals surface area contributed by atoms with Crippen LogP contribution >= 0.6 is 23.2 Å². The molecule has 0 atom stereocenters. The highest BCUT2D eigenvalue weighted by Crippen LogP contribution is 2.31. The van der Waals surface area contributed by atoms with Gasteiger partial charge in [-0.1, -0.05) is 53.0 Å². The number of benzene rings is 2. The van der Waals surface area contributed by atoms with E-state index >= 15 is 0 Å². The summed E-state index contributed by atoms with van der Waals surface area (Å²) in [6.45, 7) is 2.01. The van der Waals surface area contributed by atoms with Crippen molar-refractivity contribution in [3.8, 4) is 0 Å². The van der Waals surface area contributed by atoms with Crippen molar-refractivity contribution in [2.45, 2.75) is 6.92 Å². The van der Waals surface area contributed by atoms with Crippen molar-refractivity contribution in [3.63, 3.8) is 0 Å². The number of nitrogens with two attached hydrogens (primary N) is 1. The molecule has 0 saturated heterocycles. The molecule has 0 aliphatic carbocycles. The van der Waals surface area contributed by atoms with Gasteiger partial charge < -0.3 is 11.1 Å². The van der Waals surface area contributed by atoms with Crippen molar-refractivity contribution in [2.24, 2.45) is 0 Å². The second-order valence-corrected chi connectivity index (χ2v) is 5.40. The van der Waals surface area contributed by atoms with E-state index in [0.717, 1.165) is 5.56 Å². The average Bonchev–Trinajstić information content (AvgIpc) is 2.44. The van der Waals surface area contributed by atoms with Gasteiger partial charge in [0.25, 0.3) is 0 Å². The molecular weight excluding hydrogens is 307 g/mol. The number of aryl methyl sites for hydroxylation is 1. The molecule has 0 radical (unpaired) electrons. The Kier molecular flexibility index (Phi) is 4.89. The molecule has 3 nitrogen and oxygen atoms in total. The summed E-state index contributed by atoms with van der Waals surface area (Å²) in [5.41, 5.74) is 8.55. The number of anilines is 2. The quantitative estimate of drug-likeness (QED) is 0.644. The van der Waals surface area contributed by atoms with Gasteiger partial charge in [-0.2, -0.15) is 0 Å². The summed E-state index contributed by atoms with van der Waals surface area (Å²) in [5.74, 6) is -0.271. The molecule has 0 aliphatic heterocycles. The van der Waals surface area contributed by atoms with E-state index in [1.165, 1.54) is 11.6 Å². The minimum absolute atomic E-state index is 0.271. The molecule has 2 rings (SSSR count). The van der Waals surface area contributed by atoms with Crippen LogP contribution in [-0.2, 0) is 4.79 Å². The molecule has 0 bridgehead atoms. The van der Waals surface area contributed by atoms with Gasteiger partial charge in [0.15, 0.2) is 0 Å². The fraction of sp³-hybridized carbons (Fsp3) is 0.0625. The Morgan fingerprint density at radius 1 is 1.14 bits per heavy atom. The summed E-state index contributed by atoms with van der Waals surface area (Å²) in [7, 11) is 0. The Morgan fingerprint density at radius 2 is 1.71 bits per heavy atom. The van der Waals surface area contributed by atoms with E-state index in [1.54, 1.807) is 18.2 Å². The van der Waals surface area contributed by atoms with Crippen LogP contribution in [0.25, 0.3) is 6.08 Å². The number of nitrogens with one attached hydrogen (secondary N) is 1. The number of hydrogen-bond acceptors (Lipinski definition) is 2. The third kappa shape index (κ3) is 4.25. The lowest BCUT2D eigenvalue weighted by Gasteiger charge is -2.06. The highest BCUT2D eigenvalue weighted by atomic mass is 35.5. The van der Waals surface area contributed by atoms with E-state index in [2.05, 4.69) is 5.32 Å². The van der Waals surface area contributed by atoms with Crippen LogP contribution < -0.4 is 11.1 Å². The third-order valence-electron chi connectivity index (χ3n) is 2.85. The van der Waals surface area contributed by atoms with Crippen molar-refractivity contribution in [2.75, 3.05) is 11.1 Å². The second-order valence-electron chi connectivity index (χ2n) is 4.59. The van der Waals surface area contributed by atoms with E-state index in [1.807, 2.05) is 31.2 Å². The number of carbonyl (C=O) groups is 1. The van der Waals surface area contributed by atoms with Gasteiger partial charge in [-0.3, -0.25) is 4.79 Å². The summed E-state index contributed by atoms with van der Waals surface area (Å²) in [6.07, 6.45) is 3.18. The number of halogens is 2. The summed E-state index contributed by atoms with van der Waals surface area (Å²) < 4.78 is 0. The highest BCUT2D eigenvalue weighted by molar-refractivity contribution is 6.39. The molecule has 0 unspecified atom stereocenters. The molecule has 0 aromatic heterocycles. The first-order valence-corrected chi connectivity index (χ1v) is 7.01. The van der Waals surface area contributed by atoms with Crippen LogP contribution in [0.5, 0.6) is 0 Å². The van der Waals surface area contributed by atoms with E-state index in [-0.39, 0.29) is 5.91 Å². The Labute approximate surface area is 133 Å². The van der Waals surface area contributed by atoms with Crippen LogP contribution in [0.3, 0.4) is 0 Å². The first-order chi connectivity index (χ1) is 9.95. The maximum Gasteiger partial charge on any atom is 0.248 e. The molecule has 21 heavy (non-hydrogen) atoms. The van der Waals surface area contributed by atoms with Crippen LogP contribution in [0.15, 0.2) is 42.5 Å². The van der Waals surface area contributed by atoms with Gasteiger partial charge in [-0.15, -0.1) is 0 Å². The van der Waals surface area contributed by atoms with E-state index < -0.39 is 0 Å². The lowest BCUT2D eigenvalue weighted by Crippen LogP contribution is -2.08. The number of amides is 1. The molecule has 0 aliphatic rings. The molecule has 2 aromatic carbocycles. The molecule has 5 heteroatoms. The summed E-state index contributed by atoms with van der Waals surface area (Å²) in [5, 5.41) is 3.29. The van der Waals surface area contributed by atoms with Crippen molar-refractivity contribution < 1.29 is 4.79 Å². The molecule has 0 fully saturated rings. The molecule has 0 saturated carbocycles. The molecule has 108 valence electrons. The Hall–Kier alpha value is -1.97. The van der Waals surface area contributed by atoms with Crippen molar-refractivity contribution in [1.82, 2.24) is 0 Å². The lowest BCUT2D eigenvalue weighted by molar-refractivity contribution is -0.111. The van der Waals surface area contributed by atoms with Gasteiger partial charge in [-0.05, 0) is 30.7 Å². The smallest absolute Gasteiger partial charge is 0.248 e. The second kappa shape index (κ2) is 6.66. The zero-order valence-electron chi connectivity index (χ0n) is 11.4. The molecular formula is C16H14Cl2N2O. The predicted molar refractivity (Wildman–Crippen MR) is 89.7 cm³/mol. The van der Waals surface area contributed by atoms with E-state index in [4.69, 9.17) is 28.9 Å². The summed E-state index contributed by atoms with van der Waals surface area (Å²) >= 11 is 11.8. The Bertz CT molecular complexity index is 671. The van der Waals surface area contributed by atoms with Gasteiger partial charge >= 0.3 is 0 Å². The third-order valence-corrected chi connectivity index (χ3v) is 3.48. The molecule has 3 N–H and O–H groups in total. The first-order valence-electron chi connectivity index (χ1n) is 6.26. The highest BCUT2D eigenvalue weighted by Gasteiger charge is 2.06. The maximum atomic E-state index is 11.8.